The number of amides is 1. The molecule has 0 aromatic heterocycles. The van der Waals surface area contributed by atoms with Crippen molar-refractivity contribution in [3.05, 3.63) is 0 Å². The van der Waals surface area contributed by atoms with Crippen molar-refractivity contribution in [2.45, 2.75) is 13.0 Å². The van der Waals surface area contributed by atoms with Gasteiger partial charge in [0.05, 0.1) is 13.2 Å². The summed E-state index contributed by atoms with van der Waals surface area (Å²) in [4.78, 5) is 10.5. The molecule has 13 heavy (non-hydrogen) atoms. The number of ether oxygens (including phenoxy) is 1. The van der Waals surface area contributed by atoms with Crippen LogP contribution in [0.4, 0.5) is 4.79 Å². The number of methoxy groups -OCH3 is 1. The van der Waals surface area contributed by atoms with Crippen LogP contribution < -0.4 is 9.44 Å². The molecule has 8 heteroatoms. The van der Waals surface area contributed by atoms with Gasteiger partial charge in [-0.05, 0) is 6.92 Å². The Morgan fingerprint density at radius 2 is 2.15 bits per heavy atom. The Bertz CT molecular complexity index is 260. The smallest absolute Gasteiger partial charge is 0.421 e. The first-order valence-corrected chi connectivity index (χ1v) is 4.89. The van der Waals surface area contributed by atoms with Gasteiger partial charge in [0.1, 0.15) is 0 Å². The maximum absolute atomic E-state index is 10.9. The highest BCUT2D eigenvalue weighted by Gasteiger charge is 2.14. The molecule has 0 fully saturated rings. The largest absolute Gasteiger partial charge is 0.452 e. The van der Waals surface area contributed by atoms with Gasteiger partial charge in [0.25, 0.3) is 0 Å². The molecule has 0 spiro atoms. The Labute approximate surface area is 76.3 Å². The standard InChI is InChI=1S/C5H12N2O5S/c1-4(8)3-6-13(10,11)7-5(9)12-2/h4,6,8H,3H2,1-2H3,(H,7,9)/t4-/m0/s1. The van der Waals surface area contributed by atoms with Crippen LogP contribution in [0.2, 0.25) is 0 Å². The van der Waals surface area contributed by atoms with Crippen molar-refractivity contribution < 1.29 is 23.1 Å². The minimum Gasteiger partial charge on any atom is -0.452 e. The maximum Gasteiger partial charge on any atom is 0.421 e. The Balaban J connectivity index is 4.02. The molecular weight excluding hydrogens is 200 g/mol. The van der Waals surface area contributed by atoms with Crippen LogP contribution in [0.3, 0.4) is 0 Å². The quantitative estimate of drug-likeness (QED) is 0.529. The number of hydrogen-bond acceptors (Lipinski definition) is 5. The third kappa shape index (κ3) is 6.31. The third-order valence-electron chi connectivity index (χ3n) is 0.972. The summed E-state index contributed by atoms with van der Waals surface area (Å²) in [6.07, 6.45) is -1.91. The zero-order chi connectivity index (χ0) is 10.5. The predicted molar refractivity (Wildman–Crippen MR) is 44.1 cm³/mol. The van der Waals surface area contributed by atoms with Crippen LogP contribution in [0.1, 0.15) is 6.92 Å². The lowest BCUT2D eigenvalue weighted by Crippen LogP contribution is -2.42. The fourth-order valence-corrected chi connectivity index (χ4v) is 1.25. The van der Waals surface area contributed by atoms with Gasteiger partial charge in [-0.2, -0.15) is 13.1 Å². The van der Waals surface area contributed by atoms with E-state index < -0.39 is 22.4 Å². The highest BCUT2D eigenvalue weighted by Crippen LogP contribution is 1.82. The van der Waals surface area contributed by atoms with Gasteiger partial charge < -0.3 is 9.84 Å². The number of hydrogen-bond donors (Lipinski definition) is 3. The van der Waals surface area contributed by atoms with Crippen molar-refractivity contribution in [1.82, 2.24) is 9.44 Å². The molecule has 0 aromatic rings. The second-order valence-electron chi connectivity index (χ2n) is 2.29. The number of carbonyl (C=O) groups is 1. The van der Waals surface area contributed by atoms with E-state index in [2.05, 4.69) is 4.74 Å². The molecule has 0 heterocycles. The van der Waals surface area contributed by atoms with Crippen LogP contribution in [0.25, 0.3) is 0 Å². The lowest BCUT2D eigenvalue weighted by molar-refractivity contribution is 0.177. The topological polar surface area (TPSA) is 105 Å². The molecule has 0 aliphatic rings. The minimum atomic E-state index is -3.92. The monoisotopic (exact) mass is 212 g/mol. The number of aliphatic hydroxyl groups is 1. The molecular formula is C5H12N2O5S. The first kappa shape index (κ1) is 12.1. The van der Waals surface area contributed by atoms with Crippen molar-refractivity contribution in [3.63, 3.8) is 0 Å². The van der Waals surface area contributed by atoms with E-state index in [1.54, 1.807) is 4.72 Å². The molecule has 78 valence electrons. The van der Waals surface area contributed by atoms with E-state index in [9.17, 15) is 13.2 Å². The molecule has 1 amide bonds. The van der Waals surface area contributed by atoms with Gasteiger partial charge in [-0.1, -0.05) is 0 Å². The van der Waals surface area contributed by atoms with Crippen molar-refractivity contribution in [2.75, 3.05) is 13.7 Å². The summed E-state index contributed by atoms with van der Waals surface area (Å²) < 4.78 is 29.3. The molecule has 0 saturated heterocycles. The number of carbonyl (C=O) groups excluding carboxylic acids is 1. The van der Waals surface area contributed by atoms with Crippen LogP contribution >= 0.6 is 0 Å². The Morgan fingerprint density at radius 3 is 2.54 bits per heavy atom. The molecule has 0 rings (SSSR count). The zero-order valence-electron chi connectivity index (χ0n) is 7.27. The molecule has 0 aliphatic carbocycles. The summed E-state index contributed by atoms with van der Waals surface area (Å²) in [5.74, 6) is 0. The highest BCUT2D eigenvalue weighted by atomic mass is 32.2. The van der Waals surface area contributed by atoms with E-state index >= 15 is 0 Å². The van der Waals surface area contributed by atoms with E-state index in [1.807, 2.05) is 4.72 Å². The minimum absolute atomic E-state index is 0.174. The highest BCUT2D eigenvalue weighted by molar-refractivity contribution is 7.88. The molecule has 0 unspecified atom stereocenters. The summed E-state index contributed by atoms with van der Waals surface area (Å²) in [5.41, 5.74) is 0. The van der Waals surface area contributed by atoms with Gasteiger partial charge in [0.2, 0.25) is 0 Å². The predicted octanol–water partition coefficient (Wildman–Crippen LogP) is -1.44. The summed E-state index contributed by atoms with van der Waals surface area (Å²) in [5, 5.41) is 8.74. The Hall–Kier alpha value is -0.860. The lowest BCUT2D eigenvalue weighted by Gasteiger charge is -2.08. The normalized spacial score (nSPS) is 13.5. The summed E-state index contributed by atoms with van der Waals surface area (Å²) in [6.45, 7) is 1.23. The fraction of sp³-hybridized carbons (Fsp3) is 0.800. The van der Waals surface area contributed by atoms with Crippen LogP contribution in [0, 0.1) is 0 Å². The van der Waals surface area contributed by atoms with E-state index in [0.717, 1.165) is 7.11 Å². The first-order chi connectivity index (χ1) is 5.87. The summed E-state index contributed by atoms with van der Waals surface area (Å²) in [6, 6.07) is 0. The molecule has 0 radical (unpaired) electrons. The van der Waals surface area contributed by atoms with Gasteiger partial charge in [-0.3, -0.25) is 0 Å². The number of rotatable bonds is 4. The Kier molecular flexibility index (Phi) is 4.67. The van der Waals surface area contributed by atoms with Crippen LogP contribution in [-0.4, -0.2) is 39.4 Å². The third-order valence-corrected chi connectivity index (χ3v) is 1.95. The maximum atomic E-state index is 10.9. The average Bonchev–Trinajstić information content (AvgIpc) is 2.00. The summed E-state index contributed by atoms with van der Waals surface area (Å²) in [7, 11) is -2.88. The van der Waals surface area contributed by atoms with Crippen molar-refractivity contribution >= 4 is 16.3 Å². The lowest BCUT2D eigenvalue weighted by atomic mass is 10.4. The second-order valence-corrected chi connectivity index (χ2v) is 3.79. The van der Waals surface area contributed by atoms with Crippen LogP contribution in [-0.2, 0) is 14.9 Å². The van der Waals surface area contributed by atoms with Crippen molar-refractivity contribution in [2.24, 2.45) is 0 Å². The van der Waals surface area contributed by atoms with Crippen LogP contribution in [0.5, 0.6) is 0 Å². The van der Waals surface area contributed by atoms with E-state index in [-0.39, 0.29) is 6.54 Å². The van der Waals surface area contributed by atoms with Gasteiger partial charge >= 0.3 is 16.3 Å². The van der Waals surface area contributed by atoms with E-state index in [1.165, 1.54) is 6.92 Å². The number of aliphatic hydroxyl groups excluding tert-OH is 1. The zero-order valence-corrected chi connectivity index (χ0v) is 8.09. The number of nitrogens with one attached hydrogen (secondary N) is 2. The van der Waals surface area contributed by atoms with Crippen molar-refractivity contribution in [1.29, 1.82) is 0 Å². The molecule has 3 N–H and O–H groups in total. The molecule has 0 aliphatic heterocycles. The van der Waals surface area contributed by atoms with Crippen molar-refractivity contribution in [3.8, 4) is 0 Å². The van der Waals surface area contributed by atoms with Gasteiger partial charge in [-0.15, -0.1) is 0 Å². The average molecular weight is 212 g/mol. The fourth-order valence-electron chi connectivity index (χ4n) is 0.418. The van der Waals surface area contributed by atoms with Gasteiger partial charge in [0.15, 0.2) is 0 Å². The molecule has 1 atom stereocenters. The molecule has 0 aromatic carbocycles. The van der Waals surface area contributed by atoms with E-state index in [0.29, 0.717) is 0 Å². The van der Waals surface area contributed by atoms with E-state index in [4.69, 9.17) is 5.11 Å². The van der Waals surface area contributed by atoms with Gasteiger partial charge in [-0.25, -0.2) is 9.52 Å². The first-order valence-electron chi connectivity index (χ1n) is 3.41. The Morgan fingerprint density at radius 1 is 1.62 bits per heavy atom. The van der Waals surface area contributed by atoms with Crippen LogP contribution in [0.15, 0.2) is 0 Å². The molecule has 0 bridgehead atoms. The van der Waals surface area contributed by atoms with Gasteiger partial charge in [0, 0.05) is 6.54 Å². The second kappa shape index (κ2) is 5.00. The molecule has 0 saturated carbocycles. The summed E-state index contributed by atoms with van der Waals surface area (Å²) >= 11 is 0. The SMILES string of the molecule is COC(=O)NS(=O)(=O)NC[C@H](C)O. The molecule has 7 nitrogen and oxygen atoms in total.